The Morgan fingerprint density at radius 3 is 2.48 bits per heavy atom. The number of benzene rings is 2. The Labute approximate surface area is 125 Å². The maximum atomic E-state index is 11.7. The molecule has 1 amide bonds. The van der Waals surface area contributed by atoms with Crippen LogP contribution in [0, 0.1) is 5.92 Å². The summed E-state index contributed by atoms with van der Waals surface area (Å²) in [4.78, 5) is 11.7. The van der Waals surface area contributed by atoms with Crippen LogP contribution in [0.1, 0.15) is 25.5 Å². The summed E-state index contributed by atoms with van der Waals surface area (Å²) in [6.07, 6.45) is 0. The molecule has 2 rings (SSSR count). The quantitative estimate of drug-likeness (QED) is 0.858. The van der Waals surface area contributed by atoms with Crippen LogP contribution >= 0.6 is 0 Å². The van der Waals surface area contributed by atoms with Crippen LogP contribution < -0.4 is 15.8 Å². The zero-order valence-corrected chi connectivity index (χ0v) is 12.7. The van der Waals surface area contributed by atoms with Crippen molar-refractivity contribution in [2.24, 2.45) is 11.7 Å². The lowest BCUT2D eigenvalue weighted by molar-refractivity contribution is -0.120. The average Bonchev–Trinajstić information content (AvgIpc) is 2.46. The van der Waals surface area contributed by atoms with Gasteiger partial charge in [-0.05, 0) is 47.0 Å². The first kappa shape index (κ1) is 15.3. The molecule has 0 spiro atoms. The Morgan fingerprint density at radius 1 is 1.19 bits per heavy atom. The van der Waals surface area contributed by atoms with E-state index in [1.54, 1.807) is 7.11 Å². The number of carbonyl (C=O) groups is 1. The first-order valence-electron chi connectivity index (χ1n) is 7.11. The first-order chi connectivity index (χ1) is 10.0. The molecule has 0 bridgehead atoms. The van der Waals surface area contributed by atoms with Crippen molar-refractivity contribution in [2.45, 2.75) is 19.9 Å². The minimum absolute atomic E-state index is 0.358. The number of ether oxygens (including phenoxy) is 1. The number of amides is 1. The van der Waals surface area contributed by atoms with Gasteiger partial charge in [0.2, 0.25) is 5.91 Å². The summed E-state index contributed by atoms with van der Waals surface area (Å²) >= 11 is 0. The third-order valence-electron chi connectivity index (χ3n) is 3.42. The smallest absolute Gasteiger partial charge is 0.239 e. The zero-order valence-electron chi connectivity index (χ0n) is 12.7. The number of methoxy groups -OCH3 is 1. The number of fused-ring (bicyclic) bond motifs is 1. The number of carbonyl (C=O) groups excluding carboxylic acids is 1. The molecule has 4 heteroatoms. The van der Waals surface area contributed by atoms with Gasteiger partial charge in [-0.2, -0.15) is 0 Å². The van der Waals surface area contributed by atoms with Crippen LogP contribution in [0.3, 0.4) is 0 Å². The number of nitrogens with two attached hydrogens (primary N) is 1. The summed E-state index contributed by atoms with van der Waals surface area (Å²) in [6, 6.07) is 11.3. The topological polar surface area (TPSA) is 64.3 Å². The molecule has 112 valence electrons. The van der Waals surface area contributed by atoms with Gasteiger partial charge in [0, 0.05) is 0 Å². The normalized spacial score (nSPS) is 12.6. The zero-order chi connectivity index (χ0) is 15.4. The highest BCUT2D eigenvalue weighted by Gasteiger charge is 2.17. The minimum atomic E-state index is -0.459. The highest BCUT2D eigenvalue weighted by Crippen LogP contribution is 2.24. The molecule has 0 saturated heterocycles. The molecule has 1 atom stereocenters. The van der Waals surface area contributed by atoms with Crippen LogP contribution in [0.15, 0.2) is 36.4 Å². The number of nitrogens with one attached hydrogen (secondary N) is 1. The Morgan fingerprint density at radius 2 is 1.86 bits per heavy atom. The van der Waals surface area contributed by atoms with Crippen molar-refractivity contribution in [1.29, 1.82) is 0 Å². The van der Waals surface area contributed by atoms with E-state index in [2.05, 4.69) is 19.2 Å². The molecule has 0 aliphatic carbocycles. The van der Waals surface area contributed by atoms with Crippen molar-refractivity contribution >= 4 is 16.7 Å². The van der Waals surface area contributed by atoms with E-state index in [4.69, 9.17) is 10.5 Å². The molecule has 0 aliphatic heterocycles. The number of hydrogen-bond acceptors (Lipinski definition) is 3. The van der Waals surface area contributed by atoms with Crippen molar-refractivity contribution in [1.82, 2.24) is 5.32 Å². The van der Waals surface area contributed by atoms with E-state index in [0.717, 1.165) is 28.6 Å². The second-order valence-electron chi connectivity index (χ2n) is 5.61. The fraction of sp³-hybridized carbons (Fsp3) is 0.353. The third-order valence-corrected chi connectivity index (χ3v) is 3.42. The summed E-state index contributed by atoms with van der Waals surface area (Å²) < 4.78 is 5.22. The molecule has 2 aromatic carbocycles. The molecule has 0 aliphatic rings. The molecule has 0 saturated carbocycles. The van der Waals surface area contributed by atoms with Crippen molar-refractivity contribution in [3.05, 3.63) is 42.0 Å². The molecular weight excluding hydrogens is 264 g/mol. The Kier molecular flexibility index (Phi) is 4.81. The summed E-state index contributed by atoms with van der Waals surface area (Å²) in [5.74, 6) is 0.916. The molecule has 2 aromatic rings. The van der Waals surface area contributed by atoms with Crippen LogP contribution in [0.5, 0.6) is 5.75 Å². The highest BCUT2D eigenvalue weighted by atomic mass is 16.5. The molecule has 0 aromatic heterocycles. The van der Waals surface area contributed by atoms with Gasteiger partial charge in [0.1, 0.15) is 11.8 Å². The second kappa shape index (κ2) is 6.59. The lowest BCUT2D eigenvalue weighted by atomic mass is 10.0. The summed E-state index contributed by atoms with van der Waals surface area (Å²) in [5.41, 5.74) is 6.41. The monoisotopic (exact) mass is 286 g/mol. The molecule has 1 unspecified atom stereocenters. The van der Waals surface area contributed by atoms with E-state index >= 15 is 0 Å². The van der Waals surface area contributed by atoms with Crippen molar-refractivity contribution in [2.75, 3.05) is 13.7 Å². The second-order valence-corrected chi connectivity index (χ2v) is 5.61. The van der Waals surface area contributed by atoms with E-state index in [-0.39, 0.29) is 5.91 Å². The van der Waals surface area contributed by atoms with Gasteiger partial charge in [0.15, 0.2) is 0 Å². The minimum Gasteiger partial charge on any atom is -0.497 e. The van der Waals surface area contributed by atoms with Gasteiger partial charge in [-0.3, -0.25) is 4.79 Å². The van der Waals surface area contributed by atoms with Gasteiger partial charge in [-0.1, -0.05) is 32.0 Å². The maximum absolute atomic E-state index is 11.7. The average molecular weight is 286 g/mol. The van der Waals surface area contributed by atoms with Gasteiger partial charge in [-0.25, -0.2) is 0 Å². The molecular formula is C17H22N2O2. The lowest BCUT2D eigenvalue weighted by Crippen LogP contribution is -2.35. The summed E-state index contributed by atoms with van der Waals surface area (Å²) in [5, 5.41) is 5.36. The highest BCUT2D eigenvalue weighted by molar-refractivity contribution is 5.87. The predicted molar refractivity (Wildman–Crippen MR) is 85.3 cm³/mol. The first-order valence-corrected chi connectivity index (χ1v) is 7.11. The molecule has 0 fully saturated rings. The van der Waals surface area contributed by atoms with Crippen LogP contribution in [-0.4, -0.2) is 19.6 Å². The molecule has 0 heterocycles. The van der Waals surface area contributed by atoms with Crippen LogP contribution in [0.2, 0.25) is 0 Å². The fourth-order valence-corrected chi connectivity index (χ4v) is 2.29. The number of primary amides is 1. The van der Waals surface area contributed by atoms with Gasteiger partial charge >= 0.3 is 0 Å². The van der Waals surface area contributed by atoms with Crippen LogP contribution in [-0.2, 0) is 4.79 Å². The van der Waals surface area contributed by atoms with Gasteiger partial charge in [0.05, 0.1) is 7.11 Å². The van der Waals surface area contributed by atoms with E-state index in [0.29, 0.717) is 5.92 Å². The third kappa shape index (κ3) is 3.73. The van der Waals surface area contributed by atoms with Gasteiger partial charge in [-0.15, -0.1) is 0 Å². The summed E-state index contributed by atoms with van der Waals surface area (Å²) in [6.45, 7) is 4.93. The van der Waals surface area contributed by atoms with E-state index in [1.807, 2.05) is 36.4 Å². The van der Waals surface area contributed by atoms with Crippen LogP contribution in [0.4, 0.5) is 0 Å². The fourth-order valence-electron chi connectivity index (χ4n) is 2.29. The molecule has 3 N–H and O–H groups in total. The molecule has 0 radical (unpaired) electrons. The summed E-state index contributed by atoms with van der Waals surface area (Å²) in [7, 11) is 1.65. The Balaban J connectivity index is 2.32. The van der Waals surface area contributed by atoms with Crippen molar-refractivity contribution < 1.29 is 9.53 Å². The predicted octanol–water partition coefficient (Wildman–Crippen LogP) is 2.62. The maximum Gasteiger partial charge on any atom is 0.239 e. The van der Waals surface area contributed by atoms with Crippen molar-refractivity contribution in [3.63, 3.8) is 0 Å². The molecule has 4 nitrogen and oxygen atoms in total. The standard InChI is InChI=1S/C17H22N2O2/c1-11(2)10-19-16(17(18)20)14-5-4-13-9-15(21-3)7-6-12(13)8-14/h4-9,11,16,19H,10H2,1-3H3,(H2,18,20). The van der Waals surface area contributed by atoms with E-state index in [9.17, 15) is 4.79 Å². The van der Waals surface area contributed by atoms with E-state index in [1.165, 1.54) is 0 Å². The Bertz CT molecular complexity index is 638. The molecule has 21 heavy (non-hydrogen) atoms. The number of rotatable bonds is 6. The largest absolute Gasteiger partial charge is 0.497 e. The SMILES string of the molecule is COc1ccc2cc(C(NCC(C)C)C(N)=O)ccc2c1. The lowest BCUT2D eigenvalue weighted by Gasteiger charge is -2.18. The number of hydrogen-bond donors (Lipinski definition) is 2. The van der Waals surface area contributed by atoms with Crippen LogP contribution in [0.25, 0.3) is 10.8 Å². The van der Waals surface area contributed by atoms with Crippen molar-refractivity contribution in [3.8, 4) is 5.75 Å². The van der Waals surface area contributed by atoms with Gasteiger partial charge in [0.25, 0.3) is 0 Å². The Hall–Kier alpha value is -2.07. The van der Waals surface area contributed by atoms with E-state index < -0.39 is 6.04 Å². The van der Waals surface area contributed by atoms with Gasteiger partial charge < -0.3 is 15.8 Å².